The summed E-state index contributed by atoms with van der Waals surface area (Å²) < 4.78 is 9.86. The van der Waals surface area contributed by atoms with E-state index in [1.165, 1.54) is 25.3 Å². The predicted octanol–water partition coefficient (Wildman–Crippen LogP) is 2.92. The third-order valence-corrected chi connectivity index (χ3v) is 4.39. The van der Waals surface area contributed by atoms with Crippen LogP contribution in [-0.2, 0) is 4.74 Å². The maximum atomic E-state index is 12.3. The van der Waals surface area contributed by atoms with Crippen LogP contribution in [0.2, 0.25) is 0 Å². The van der Waals surface area contributed by atoms with E-state index in [9.17, 15) is 14.7 Å². The van der Waals surface area contributed by atoms with Gasteiger partial charge in [0.25, 0.3) is 0 Å². The Bertz CT molecular complexity index is 798. The number of esters is 1. The van der Waals surface area contributed by atoms with Crippen LogP contribution in [0.3, 0.4) is 0 Å². The van der Waals surface area contributed by atoms with Crippen molar-refractivity contribution in [2.75, 3.05) is 25.1 Å². The molecule has 2 heterocycles. The van der Waals surface area contributed by atoms with Crippen molar-refractivity contribution in [3.8, 4) is 0 Å². The molecule has 3 rings (SSSR count). The number of allylic oxidation sites excluding steroid dienone is 1. The summed E-state index contributed by atoms with van der Waals surface area (Å²) in [7, 11) is 1.28. The molecule has 0 amide bonds. The first-order chi connectivity index (χ1) is 12.6. The second-order valence-electron chi connectivity index (χ2n) is 6.16. The van der Waals surface area contributed by atoms with Gasteiger partial charge in [-0.1, -0.05) is 0 Å². The molecule has 1 fully saturated rings. The van der Waals surface area contributed by atoms with E-state index in [1.54, 1.807) is 18.2 Å². The van der Waals surface area contributed by atoms with E-state index in [-0.39, 0.29) is 17.6 Å². The van der Waals surface area contributed by atoms with Crippen molar-refractivity contribution in [1.29, 1.82) is 0 Å². The molecular formula is C20H21NO5. The number of rotatable bonds is 5. The quantitative estimate of drug-likeness (QED) is 0.505. The molecule has 1 aromatic carbocycles. The number of furan rings is 1. The highest BCUT2D eigenvalue weighted by atomic mass is 16.5. The van der Waals surface area contributed by atoms with Gasteiger partial charge in [0.2, 0.25) is 5.76 Å². The molecule has 1 aliphatic heterocycles. The Kier molecular flexibility index (Phi) is 5.53. The number of benzene rings is 1. The third kappa shape index (κ3) is 4.21. The van der Waals surface area contributed by atoms with Gasteiger partial charge in [0.05, 0.1) is 13.2 Å². The van der Waals surface area contributed by atoms with Gasteiger partial charge in [-0.3, -0.25) is 4.79 Å². The minimum atomic E-state index is -0.559. The second-order valence-corrected chi connectivity index (χ2v) is 6.16. The average molecular weight is 355 g/mol. The zero-order valence-corrected chi connectivity index (χ0v) is 14.6. The number of ether oxygens (including phenoxy) is 1. The summed E-state index contributed by atoms with van der Waals surface area (Å²) in [6.45, 7) is 1.63. The number of carbonyl (C=O) groups excluding carboxylic acids is 2. The minimum absolute atomic E-state index is 0.0931. The van der Waals surface area contributed by atoms with Crippen LogP contribution in [0.5, 0.6) is 0 Å². The lowest BCUT2D eigenvalue weighted by molar-refractivity contribution is 0.0564. The van der Waals surface area contributed by atoms with Gasteiger partial charge < -0.3 is 19.2 Å². The van der Waals surface area contributed by atoms with Crippen LogP contribution in [0.1, 0.15) is 39.5 Å². The van der Waals surface area contributed by atoms with E-state index in [0.29, 0.717) is 11.3 Å². The van der Waals surface area contributed by atoms with Crippen molar-refractivity contribution in [3.63, 3.8) is 0 Å². The SMILES string of the molecule is COC(=O)c1ccc(C=CC(=O)c2ccc(N3CCC(O)CC3)cc2)o1. The van der Waals surface area contributed by atoms with Crippen molar-refractivity contribution in [1.82, 2.24) is 0 Å². The molecular weight excluding hydrogens is 334 g/mol. The molecule has 0 unspecified atom stereocenters. The summed E-state index contributed by atoms with van der Waals surface area (Å²) in [5.74, 6) is -0.212. The fraction of sp³-hybridized carbons (Fsp3) is 0.300. The number of piperidine rings is 1. The molecule has 136 valence electrons. The van der Waals surface area contributed by atoms with Gasteiger partial charge in [-0.15, -0.1) is 0 Å². The number of anilines is 1. The van der Waals surface area contributed by atoms with Gasteiger partial charge in [-0.2, -0.15) is 0 Å². The largest absolute Gasteiger partial charge is 0.463 e. The van der Waals surface area contributed by atoms with E-state index in [1.807, 2.05) is 12.1 Å². The molecule has 1 aliphatic rings. The molecule has 2 aromatic rings. The standard InChI is InChI=1S/C20H21NO5/c1-25-20(24)19-9-7-17(26-19)6-8-18(23)14-2-4-15(5-3-14)21-12-10-16(22)11-13-21/h2-9,16,22H,10-13H2,1H3. The fourth-order valence-corrected chi connectivity index (χ4v) is 2.87. The van der Waals surface area contributed by atoms with E-state index in [4.69, 9.17) is 4.42 Å². The Morgan fingerprint density at radius 1 is 1.15 bits per heavy atom. The maximum Gasteiger partial charge on any atom is 0.373 e. The summed E-state index contributed by atoms with van der Waals surface area (Å²) in [4.78, 5) is 25.8. The number of aliphatic hydroxyl groups excluding tert-OH is 1. The Balaban J connectivity index is 1.62. The summed E-state index contributed by atoms with van der Waals surface area (Å²) >= 11 is 0. The lowest BCUT2D eigenvalue weighted by Gasteiger charge is -2.31. The number of ketones is 1. The second kappa shape index (κ2) is 8.01. The number of hydrogen-bond donors (Lipinski definition) is 1. The van der Waals surface area contributed by atoms with Crippen LogP contribution < -0.4 is 4.90 Å². The third-order valence-electron chi connectivity index (χ3n) is 4.39. The van der Waals surface area contributed by atoms with E-state index >= 15 is 0 Å². The lowest BCUT2D eigenvalue weighted by atomic mass is 10.1. The molecule has 0 aliphatic carbocycles. The van der Waals surface area contributed by atoms with E-state index < -0.39 is 5.97 Å². The Morgan fingerprint density at radius 3 is 2.50 bits per heavy atom. The zero-order valence-electron chi connectivity index (χ0n) is 14.6. The van der Waals surface area contributed by atoms with Crippen LogP contribution in [0, 0.1) is 0 Å². The molecule has 0 bridgehead atoms. The summed E-state index contributed by atoms with van der Waals surface area (Å²) in [6.07, 6.45) is 4.25. The first-order valence-electron chi connectivity index (χ1n) is 8.50. The van der Waals surface area contributed by atoms with Crippen LogP contribution in [0.25, 0.3) is 6.08 Å². The molecule has 6 nitrogen and oxygen atoms in total. The first-order valence-corrected chi connectivity index (χ1v) is 8.50. The number of hydrogen-bond acceptors (Lipinski definition) is 6. The highest BCUT2D eigenvalue weighted by molar-refractivity contribution is 6.06. The van der Waals surface area contributed by atoms with Crippen LogP contribution in [-0.4, -0.2) is 43.2 Å². The Hall–Kier alpha value is -2.86. The number of methoxy groups -OCH3 is 1. The van der Waals surface area contributed by atoms with E-state index in [2.05, 4.69) is 9.64 Å². The molecule has 1 aromatic heterocycles. The first kappa shape index (κ1) is 17.9. The van der Waals surface area contributed by atoms with Crippen LogP contribution in [0.15, 0.2) is 46.9 Å². The van der Waals surface area contributed by atoms with Crippen molar-refractivity contribution in [2.24, 2.45) is 0 Å². The molecule has 0 radical (unpaired) electrons. The molecule has 1 N–H and O–H groups in total. The predicted molar refractivity (Wildman–Crippen MR) is 97.3 cm³/mol. The topological polar surface area (TPSA) is 80.0 Å². The molecule has 0 atom stereocenters. The smallest absolute Gasteiger partial charge is 0.373 e. The molecule has 0 spiro atoms. The number of aliphatic hydroxyl groups is 1. The van der Waals surface area contributed by atoms with Gasteiger partial charge in [0.1, 0.15) is 5.76 Å². The van der Waals surface area contributed by atoms with Crippen LogP contribution in [0.4, 0.5) is 5.69 Å². The summed E-state index contributed by atoms with van der Waals surface area (Å²) in [6, 6.07) is 10.5. The van der Waals surface area contributed by atoms with Crippen LogP contribution >= 0.6 is 0 Å². The van der Waals surface area contributed by atoms with Gasteiger partial charge >= 0.3 is 5.97 Å². The molecule has 1 saturated heterocycles. The maximum absolute atomic E-state index is 12.3. The molecule has 0 saturated carbocycles. The number of nitrogens with zero attached hydrogens (tertiary/aromatic N) is 1. The monoisotopic (exact) mass is 355 g/mol. The minimum Gasteiger partial charge on any atom is -0.463 e. The summed E-state index contributed by atoms with van der Waals surface area (Å²) in [5, 5.41) is 9.58. The fourth-order valence-electron chi connectivity index (χ4n) is 2.87. The summed E-state index contributed by atoms with van der Waals surface area (Å²) in [5.41, 5.74) is 1.62. The normalized spacial score (nSPS) is 15.4. The highest BCUT2D eigenvalue weighted by Gasteiger charge is 2.17. The van der Waals surface area contributed by atoms with E-state index in [0.717, 1.165) is 31.6 Å². The van der Waals surface area contributed by atoms with Crippen molar-refractivity contribution < 1.29 is 23.8 Å². The molecule has 6 heteroatoms. The highest BCUT2D eigenvalue weighted by Crippen LogP contribution is 2.21. The molecule has 26 heavy (non-hydrogen) atoms. The zero-order chi connectivity index (χ0) is 18.5. The van der Waals surface area contributed by atoms with Gasteiger partial charge in [0.15, 0.2) is 5.78 Å². The Labute approximate surface area is 151 Å². The van der Waals surface area contributed by atoms with Crippen molar-refractivity contribution in [2.45, 2.75) is 18.9 Å². The Morgan fingerprint density at radius 2 is 1.85 bits per heavy atom. The lowest BCUT2D eigenvalue weighted by Crippen LogP contribution is -2.35. The van der Waals surface area contributed by atoms with Gasteiger partial charge in [-0.25, -0.2) is 4.79 Å². The van der Waals surface area contributed by atoms with Gasteiger partial charge in [-0.05, 0) is 61.4 Å². The average Bonchev–Trinajstić information content (AvgIpc) is 3.15. The van der Waals surface area contributed by atoms with Crippen molar-refractivity contribution >= 4 is 23.5 Å². The number of carbonyl (C=O) groups is 2. The van der Waals surface area contributed by atoms with Crippen molar-refractivity contribution in [3.05, 3.63) is 59.6 Å². The van der Waals surface area contributed by atoms with Gasteiger partial charge in [0, 0.05) is 24.3 Å².